The summed E-state index contributed by atoms with van der Waals surface area (Å²) in [6.45, 7) is 3.80. The van der Waals surface area contributed by atoms with Gasteiger partial charge in [0.05, 0.1) is 10.9 Å². The minimum atomic E-state index is -3.45. The minimum absolute atomic E-state index is 0.0366. The van der Waals surface area contributed by atoms with Gasteiger partial charge in [-0.25, -0.2) is 17.2 Å². The Morgan fingerprint density at radius 2 is 1.75 bits per heavy atom. The SMILES string of the molecule is CC(C)c1noc(NC(c2cccc(S(C)(=O)=O)c2)c2ccc(F)c(F)c2)n1. The predicted octanol–water partition coefficient (Wildman–Crippen LogP) is 4.08. The first-order valence-electron chi connectivity index (χ1n) is 8.50. The summed E-state index contributed by atoms with van der Waals surface area (Å²) in [6.07, 6.45) is 1.10. The molecule has 0 amide bonds. The quantitative estimate of drug-likeness (QED) is 0.663. The largest absolute Gasteiger partial charge is 0.327 e. The molecule has 148 valence electrons. The Kier molecular flexibility index (Phi) is 5.46. The number of hydrogen-bond donors (Lipinski definition) is 1. The third-order valence-corrected chi connectivity index (χ3v) is 5.23. The Hall–Kier alpha value is -2.81. The minimum Gasteiger partial charge on any atom is -0.327 e. The molecule has 1 atom stereocenters. The van der Waals surface area contributed by atoms with E-state index in [0.717, 1.165) is 18.4 Å². The average Bonchev–Trinajstić information content (AvgIpc) is 3.11. The molecule has 0 saturated carbocycles. The van der Waals surface area contributed by atoms with Crippen LogP contribution in [0.2, 0.25) is 0 Å². The number of nitrogens with one attached hydrogen (secondary N) is 1. The lowest BCUT2D eigenvalue weighted by atomic mass is 9.98. The normalized spacial score (nSPS) is 12.9. The van der Waals surface area contributed by atoms with Crippen LogP contribution in [0.15, 0.2) is 51.9 Å². The summed E-state index contributed by atoms with van der Waals surface area (Å²) < 4.78 is 56.2. The standard InChI is InChI=1S/C19H19F2N3O3S/c1-11(2)18-23-19(27-24-18)22-17(13-7-8-15(20)16(21)10-13)12-5-4-6-14(9-12)28(3,25)26/h4-11,17H,1-3H3,(H,22,23,24). The molecule has 3 rings (SSSR count). The van der Waals surface area contributed by atoms with Crippen molar-refractivity contribution < 1.29 is 21.7 Å². The molecule has 1 heterocycles. The van der Waals surface area contributed by atoms with Gasteiger partial charge in [0.1, 0.15) is 0 Å². The summed E-state index contributed by atoms with van der Waals surface area (Å²) >= 11 is 0. The second kappa shape index (κ2) is 7.67. The monoisotopic (exact) mass is 407 g/mol. The lowest BCUT2D eigenvalue weighted by Gasteiger charge is -2.19. The maximum Gasteiger partial charge on any atom is 0.322 e. The Balaban J connectivity index is 2.07. The predicted molar refractivity (Wildman–Crippen MR) is 99.8 cm³/mol. The van der Waals surface area contributed by atoms with Gasteiger partial charge in [0.25, 0.3) is 0 Å². The van der Waals surface area contributed by atoms with Crippen LogP contribution in [-0.2, 0) is 9.84 Å². The van der Waals surface area contributed by atoms with Gasteiger partial charge in [0.15, 0.2) is 27.3 Å². The highest BCUT2D eigenvalue weighted by molar-refractivity contribution is 7.90. The van der Waals surface area contributed by atoms with E-state index in [-0.39, 0.29) is 16.8 Å². The van der Waals surface area contributed by atoms with E-state index in [4.69, 9.17) is 4.52 Å². The van der Waals surface area contributed by atoms with E-state index < -0.39 is 27.5 Å². The summed E-state index contributed by atoms with van der Waals surface area (Å²) in [7, 11) is -3.45. The fourth-order valence-corrected chi connectivity index (χ4v) is 3.30. The zero-order chi connectivity index (χ0) is 20.5. The molecule has 1 N–H and O–H groups in total. The van der Waals surface area contributed by atoms with Crippen LogP contribution in [0.25, 0.3) is 0 Å². The second-order valence-electron chi connectivity index (χ2n) is 6.71. The maximum atomic E-state index is 13.8. The number of rotatable bonds is 6. The molecule has 0 aliphatic heterocycles. The first kappa shape index (κ1) is 19.9. The first-order valence-corrected chi connectivity index (χ1v) is 10.4. The van der Waals surface area contributed by atoms with Crippen LogP contribution in [0, 0.1) is 11.6 Å². The van der Waals surface area contributed by atoms with Crippen LogP contribution in [-0.4, -0.2) is 24.8 Å². The number of nitrogens with zero attached hydrogens (tertiary/aromatic N) is 2. The molecule has 0 radical (unpaired) electrons. The lowest BCUT2D eigenvalue weighted by Crippen LogP contribution is -2.14. The third kappa shape index (κ3) is 4.36. The van der Waals surface area contributed by atoms with Crippen LogP contribution in [0.5, 0.6) is 0 Å². The molecule has 0 aliphatic rings. The van der Waals surface area contributed by atoms with Crippen molar-refractivity contribution in [3.05, 3.63) is 71.1 Å². The molecule has 0 aliphatic carbocycles. The van der Waals surface area contributed by atoms with Crippen molar-refractivity contribution >= 4 is 15.9 Å². The molecule has 28 heavy (non-hydrogen) atoms. The van der Waals surface area contributed by atoms with Crippen molar-refractivity contribution in [3.8, 4) is 0 Å². The number of halogens is 2. The number of hydrogen-bond acceptors (Lipinski definition) is 6. The zero-order valence-corrected chi connectivity index (χ0v) is 16.3. The molecule has 0 fully saturated rings. The Bertz CT molecular complexity index is 1100. The Labute approximate surface area is 161 Å². The summed E-state index contributed by atoms with van der Waals surface area (Å²) in [4.78, 5) is 4.34. The van der Waals surface area contributed by atoms with Crippen LogP contribution < -0.4 is 5.32 Å². The molecule has 2 aromatic carbocycles. The van der Waals surface area contributed by atoms with Crippen LogP contribution in [0.1, 0.15) is 42.8 Å². The number of sulfone groups is 1. The van der Waals surface area contributed by atoms with Crippen molar-refractivity contribution in [1.82, 2.24) is 10.1 Å². The molecule has 0 bridgehead atoms. The lowest BCUT2D eigenvalue weighted by molar-refractivity contribution is 0.417. The highest BCUT2D eigenvalue weighted by Crippen LogP contribution is 2.29. The van der Waals surface area contributed by atoms with Crippen molar-refractivity contribution in [1.29, 1.82) is 0 Å². The van der Waals surface area contributed by atoms with Gasteiger partial charge in [-0.15, -0.1) is 0 Å². The van der Waals surface area contributed by atoms with E-state index in [9.17, 15) is 17.2 Å². The van der Waals surface area contributed by atoms with E-state index in [1.807, 2.05) is 13.8 Å². The van der Waals surface area contributed by atoms with Gasteiger partial charge in [0, 0.05) is 12.2 Å². The molecular weight excluding hydrogens is 388 g/mol. The number of benzene rings is 2. The van der Waals surface area contributed by atoms with E-state index in [1.165, 1.54) is 18.2 Å². The highest BCUT2D eigenvalue weighted by Gasteiger charge is 2.21. The second-order valence-corrected chi connectivity index (χ2v) is 8.72. The van der Waals surface area contributed by atoms with Crippen LogP contribution >= 0.6 is 0 Å². The van der Waals surface area contributed by atoms with Gasteiger partial charge in [-0.05, 0) is 35.4 Å². The summed E-state index contributed by atoms with van der Waals surface area (Å²) in [5, 5.41) is 6.85. The van der Waals surface area contributed by atoms with Gasteiger partial charge >= 0.3 is 6.01 Å². The average molecular weight is 407 g/mol. The van der Waals surface area contributed by atoms with Crippen molar-refractivity contribution in [3.63, 3.8) is 0 Å². The van der Waals surface area contributed by atoms with Crippen LogP contribution in [0.4, 0.5) is 14.8 Å². The summed E-state index contributed by atoms with van der Waals surface area (Å²) in [5.74, 6) is -1.48. The van der Waals surface area contributed by atoms with Gasteiger partial charge < -0.3 is 9.84 Å². The molecule has 1 aromatic heterocycles. The molecule has 0 saturated heterocycles. The molecule has 0 spiro atoms. The van der Waals surface area contributed by atoms with Crippen molar-refractivity contribution in [2.24, 2.45) is 0 Å². The fourth-order valence-electron chi connectivity index (χ4n) is 2.63. The van der Waals surface area contributed by atoms with Gasteiger partial charge in [0.2, 0.25) is 0 Å². The summed E-state index contributed by atoms with van der Waals surface area (Å²) in [6, 6.07) is 8.98. The van der Waals surface area contributed by atoms with Gasteiger partial charge in [-0.3, -0.25) is 0 Å². The van der Waals surface area contributed by atoms with E-state index in [2.05, 4.69) is 15.5 Å². The van der Waals surface area contributed by atoms with E-state index in [0.29, 0.717) is 17.0 Å². The third-order valence-electron chi connectivity index (χ3n) is 4.12. The van der Waals surface area contributed by atoms with E-state index in [1.54, 1.807) is 12.1 Å². The smallest absolute Gasteiger partial charge is 0.322 e. The molecule has 3 aromatic rings. The fraction of sp³-hybridized carbons (Fsp3) is 0.263. The van der Waals surface area contributed by atoms with Gasteiger partial charge in [-0.2, -0.15) is 4.98 Å². The number of aromatic nitrogens is 2. The zero-order valence-electron chi connectivity index (χ0n) is 15.5. The molecule has 1 unspecified atom stereocenters. The van der Waals surface area contributed by atoms with Crippen LogP contribution in [0.3, 0.4) is 0 Å². The molecule has 6 nitrogen and oxygen atoms in total. The number of anilines is 1. The Morgan fingerprint density at radius 1 is 1.04 bits per heavy atom. The molecule has 9 heteroatoms. The van der Waals surface area contributed by atoms with Crippen molar-refractivity contribution in [2.75, 3.05) is 11.6 Å². The maximum absolute atomic E-state index is 13.8. The molecular formula is C19H19F2N3O3S. The Morgan fingerprint density at radius 3 is 2.36 bits per heavy atom. The summed E-state index contributed by atoms with van der Waals surface area (Å²) in [5.41, 5.74) is 0.882. The highest BCUT2D eigenvalue weighted by atomic mass is 32.2. The van der Waals surface area contributed by atoms with E-state index >= 15 is 0 Å². The van der Waals surface area contributed by atoms with Crippen molar-refractivity contribution in [2.45, 2.75) is 30.7 Å². The van der Waals surface area contributed by atoms with Gasteiger partial charge in [-0.1, -0.05) is 37.2 Å². The first-order chi connectivity index (χ1) is 13.1. The topological polar surface area (TPSA) is 85.1 Å².